The van der Waals surface area contributed by atoms with Crippen LogP contribution in [0, 0.1) is 40.9 Å². The van der Waals surface area contributed by atoms with Crippen LogP contribution in [0.1, 0.15) is 71.8 Å². The second kappa shape index (κ2) is 10.7. The highest BCUT2D eigenvalue weighted by Crippen LogP contribution is 2.68. The summed E-state index contributed by atoms with van der Waals surface area (Å²) in [6, 6.07) is 6.25. The van der Waals surface area contributed by atoms with Crippen molar-refractivity contribution in [3.63, 3.8) is 0 Å². The summed E-state index contributed by atoms with van der Waals surface area (Å²) in [6.45, 7) is 13.5. The van der Waals surface area contributed by atoms with E-state index >= 15 is 0 Å². The molecular weight excluding hydrogens is 516 g/mol. The lowest BCUT2D eigenvalue weighted by Gasteiger charge is -2.61. The number of ether oxygens (including phenoxy) is 2. The van der Waals surface area contributed by atoms with E-state index in [0.29, 0.717) is 12.8 Å². The molecule has 3 fully saturated rings. The fourth-order valence-electron chi connectivity index (χ4n) is 8.26. The van der Waals surface area contributed by atoms with Gasteiger partial charge in [-0.2, -0.15) is 8.42 Å². The van der Waals surface area contributed by atoms with Gasteiger partial charge in [-0.3, -0.25) is 8.98 Å². The molecule has 39 heavy (non-hydrogen) atoms. The molecule has 8 heteroatoms. The molecule has 7 nitrogen and oxygen atoms in total. The summed E-state index contributed by atoms with van der Waals surface area (Å²) in [5.41, 5.74) is -0.560. The summed E-state index contributed by atoms with van der Waals surface area (Å²) in [4.78, 5) is 27.4. The van der Waals surface area contributed by atoms with E-state index in [9.17, 15) is 18.0 Å². The van der Waals surface area contributed by atoms with E-state index in [4.69, 9.17) is 13.7 Å². The minimum atomic E-state index is -4.13. The number of benzene rings is 1. The van der Waals surface area contributed by atoms with Crippen molar-refractivity contribution in [3.05, 3.63) is 42.5 Å². The summed E-state index contributed by atoms with van der Waals surface area (Å²) in [5, 5.41) is 0. The highest BCUT2D eigenvalue weighted by atomic mass is 32.2. The smallest absolute Gasteiger partial charge is 0.333 e. The number of allylic oxidation sites excluding steroid dienone is 1. The van der Waals surface area contributed by atoms with Crippen molar-refractivity contribution in [2.75, 3.05) is 13.7 Å². The summed E-state index contributed by atoms with van der Waals surface area (Å²) >= 11 is 0. The molecule has 216 valence electrons. The first-order valence-electron chi connectivity index (χ1n) is 14.1. The molecule has 1 aromatic rings. The number of carbonyl (C=O) groups is 2. The summed E-state index contributed by atoms with van der Waals surface area (Å²) in [7, 11) is -2.40. The number of aryl methyl sites for hydroxylation is 1. The molecule has 0 aromatic heterocycles. The maximum Gasteiger partial charge on any atom is 0.333 e. The van der Waals surface area contributed by atoms with Crippen LogP contribution in [0.4, 0.5) is 0 Å². The zero-order valence-corrected chi connectivity index (χ0v) is 25.0. The van der Waals surface area contributed by atoms with E-state index in [1.807, 2.05) is 13.8 Å². The number of ketones is 1. The standard InChI is InChI=1S/C31H44O7S/c1-8-15-29(5)18-25(38-26(32)19-37-39(34,35)23-11-9-20(2)10-12-23)30(6)21(3)13-16-31(22(4)28(29)33)17-14-24(36-7)27(30)31/h8-12,21-22,24-25,27H,1,13-19H2,2-7H3/t21-,22+,24-,25-,27-,29-,30+,31+/m1/s1. The van der Waals surface area contributed by atoms with Gasteiger partial charge in [-0.25, -0.2) is 4.79 Å². The van der Waals surface area contributed by atoms with Gasteiger partial charge in [0, 0.05) is 29.8 Å². The van der Waals surface area contributed by atoms with Crippen molar-refractivity contribution in [3.8, 4) is 0 Å². The third-order valence-electron chi connectivity index (χ3n) is 10.7. The molecule has 8 atom stereocenters. The Hall–Kier alpha value is -2.03. The quantitative estimate of drug-likeness (QED) is 0.230. The molecule has 3 aliphatic rings. The molecule has 1 aromatic carbocycles. The maximum atomic E-state index is 14.2. The molecule has 0 spiro atoms. The van der Waals surface area contributed by atoms with Gasteiger partial charge in [0.2, 0.25) is 0 Å². The van der Waals surface area contributed by atoms with E-state index in [0.717, 1.165) is 31.2 Å². The Morgan fingerprint density at radius 1 is 1.13 bits per heavy atom. The number of carbonyl (C=O) groups excluding carboxylic acids is 2. The monoisotopic (exact) mass is 560 g/mol. The Balaban J connectivity index is 1.69. The zero-order chi connectivity index (χ0) is 28.8. The molecule has 4 rings (SSSR count). The van der Waals surface area contributed by atoms with E-state index in [1.165, 1.54) is 12.1 Å². The van der Waals surface area contributed by atoms with Gasteiger partial charge >= 0.3 is 5.97 Å². The predicted octanol–water partition coefficient (Wildman–Crippen LogP) is 5.65. The van der Waals surface area contributed by atoms with E-state index in [-0.39, 0.29) is 40.0 Å². The van der Waals surface area contributed by atoms with Gasteiger partial charge < -0.3 is 9.47 Å². The van der Waals surface area contributed by atoms with Crippen LogP contribution in [0.2, 0.25) is 0 Å². The molecule has 0 aliphatic heterocycles. The van der Waals surface area contributed by atoms with Crippen molar-refractivity contribution in [1.82, 2.24) is 0 Å². The van der Waals surface area contributed by atoms with Crippen molar-refractivity contribution in [2.45, 2.75) is 90.2 Å². The maximum absolute atomic E-state index is 14.2. The van der Waals surface area contributed by atoms with E-state index < -0.39 is 39.6 Å². The molecule has 0 N–H and O–H groups in total. The van der Waals surface area contributed by atoms with E-state index in [2.05, 4.69) is 27.4 Å². The normalized spacial score (nSPS) is 38.4. The summed E-state index contributed by atoms with van der Waals surface area (Å²) in [6.07, 6.45) is 5.53. The van der Waals surface area contributed by atoms with Crippen LogP contribution in [0.15, 0.2) is 41.8 Å². The number of hydrogen-bond donors (Lipinski definition) is 0. The molecule has 2 bridgehead atoms. The Bertz CT molecular complexity index is 1210. The first-order chi connectivity index (χ1) is 18.2. The molecule has 3 saturated carbocycles. The topological polar surface area (TPSA) is 96.0 Å². The van der Waals surface area contributed by atoms with Crippen LogP contribution in [0.5, 0.6) is 0 Å². The first kappa shape index (κ1) is 29.9. The van der Waals surface area contributed by atoms with Crippen LogP contribution in [0.25, 0.3) is 0 Å². The Morgan fingerprint density at radius 3 is 2.38 bits per heavy atom. The third kappa shape index (κ3) is 5.02. The fourth-order valence-corrected chi connectivity index (χ4v) is 9.11. The fraction of sp³-hybridized carbons (Fsp3) is 0.677. The van der Waals surface area contributed by atoms with Crippen molar-refractivity contribution >= 4 is 21.9 Å². The average molecular weight is 561 g/mol. The lowest BCUT2D eigenvalue weighted by Crippen LogP contribution is -2.63. The SMILES string of the molecule is C=CC[C@]1(C)C[C@@H](OC(=O)COS(=O)(=O)c2ccc(C)cc2)[C@]2(C)[C@H](C)CC[C@]3(CC[C@@H](OC)[C@@H]32)[C@@H](C)C1=O. The molecule has 3 aliphatic carbocycles. The van der Waals surface area contributed by atoms with Crippen molar-refractivity contribution in [2.24, 2.45) is 34.0 Å². The summed E-state index contributed by atoms with van der Waals surface area (Å²) in [5.74, 6) is -0.496. The largest absolute Gasteiger partial charge is 0.460 e. The third-order valence-corrected chi connectivity index (χ3v) is 11.9. The first-order valence-corrected chi connectivity index (χ1v) is 15.5. The number of hydrogen-bond acceptors (Lipinski definition) is 7. The van der Waals surface area contributed by atoms with Gasteiger partial charge in [0.25, 0.3) is 10.1 Å². The number of Topliss-reactive ketones (excluding diaryl/α,β-unsaturated/α-hetero) is 1. The lowest BCUT2D eigenvalue weighted by molar-refractivity contribution is -0.207. The Labute approximate surface area is 233 Å². The van der Waals surface area contributed by atoms with Crippen molar-refractivity contribution < 1.29 is 31.7 Å². The second-order valence-electron chi connectivity index (χ2n) is 12.7. The number of methoxy groups -OCH3 is 1. The number of rotatable bonds is 8. The molecule has 0 amide bonds. The lowest BCUT2D eigenvalue weighted by atomic mass is 9.43. The van der Waals surface area contributed by atoms with Gasteiger partial charge in [0.05, 0.1) is 11.0 Å². The zero-order valence-electron chi connectivity index (χ0n) is 24.2. The predicted molar refractivity (Wildman–Crippen MR) is 148 cm³/mol. The van der Waals surface area contributed by atoms with Crippen LogP contribution >= 0.6 is 0 Å². The summed E-state index contributed by atoms with van der Waals surface area (Å²) < 4.78 is 42.8. The molecular formula is C31H44O7S. The van der Waals surface area contributed by atoms with Crippen LogP contribution in [0.3, 0.4) is 0 Å². The number of esters is 1. The van der Waals surface area contributed by atoms with Gasteiger partial charge in [-0.05, 0) is 68.9 Å². The van der Waals surface area contributed by atoms with Gasteiger partial charge in [-0.15, -0.1) is 6.58 Å². The highest BCUT2D eigenvalue weighted by molar-refractivity contribution is 7.86. The van der Waals surface area contributed by atoms with Crippen molar-refractivity contribution in [1.29, 1.82) is 0 Å². The van der Waals surface area contributed by atoms with Crippen LogP contribution in [-0.2, 0) is 33.4 Å². The minimum Gasteiger partial charge on any atom is -0.460 e. The van der Waals surface area contributed by atoms with Gasteiger partial charge in [0.15, 0.2) is 6.61 Å². The van der Waals surface area contributed by atoms with Gasteiger partial charge in [0.1, 0.15) is 11.9 Å². The van der Waals surface area contributed by atoms with E-state index in [1.54, 1.807) is 25.3 Å². The van der Waals surface area contributed by atoms with Gasteiger partial charge in [-0.1, -0.05) is 51.5 Å². The van der Waals surface area contributed by atoms with Crippen LogP contribution in [-0.4, -0.2) is 46.1 Å². The molecule has 0 saturated heterocycles. The Morgan fingerprint density at radius 2 is 1.77 bits per heavy atom. The Kier molecular flexibility index (Phi) is 8.25. The second-order valence-corrected chi connectivity index (χ2v) is 14.3. The average Bonchev–Trinajstić information content (AvgIpc) is 3.29. The van der Waals surface area contributed by atoms with Crippen LogP contribution < -0.4 is 0 Å². The molecule has 0 radical (unpaired) electrons. The molecule has 0 heterocycles. The molecule has 0 unspecified atom stereocenters. The minimum absolute atomic E-state index is 0.0171. The highest BCUT2D eigenvalue weighted by Gasteiger charge is 2.68.